The molecular formula is C37H62N9O3+. The van der Waals surface area contributed by atoms with Crippen LogP contribution in [0.25, 0.3) is 10.9 Å². The average molecular weight is 681 g/mol. The van der Waals surface area contributed by atoms with Crippen LogP contribution >= 0.6 is 0 Å². The maximum atomic E-state index is 14.0. The fourth-order valence-corrected chi connectivity index (χ4v) is 7.00. The molecule has 11 N–H and O–H groups in total. The van der Waals surface area contributed by atoms with Crippen molar-refractivity contribution in [1.29, 1.82) is 5.41 Å². The molecule has 49 heavy (non-hydrogen) atoms. The van der Waals surface area contributed by atoms with Crippen molar-refractivity contribution < 1.29 is 18.9 Å². The first-order chi connectivity index (χ1) is 23.5. The number of aromatic nitrogens is 1. The normalized spacial score (nSPS) is 15.8. The summed E-state index contributed by atoms with van der Waals surface area (Å²) < 4.78 is 0.674. The Labute approximate surface area is 292 Å². The van der Waals surface area contributed by atoms with E-state index in [1.54, 1.807) is 6.20 Å². The fraction of sp³-hybridized carbons (Fsp3) is 0.649. The van der Waals surface area contributed by atoms with E-state index in [0.717, 1.165) is 55.4 Å². The molecule has 0 unspecified atom stereocenters. The van der Waals surface area contributed by atoms with Crippen LogP contribution in [0.15, 0.2) is 36.5 Å². The summed E-state index contributed by atoms with van der Waals surface area (Å²) in [4.78, 5) is 45.7. The van der Waals surface area contributed by atoms with E-state index in [4.69, 9.17) is 28.3 Å². The van der Waals surface area contributed by atoms with Crippen LogP contribution in [0.4, 0.5) is 0 Å². The van der Waals surface area contributed by atoms with Gasteiger partial charge in [0.1, 0.15) is 6.04 Å². The first-order valence-electron chi connectivity index (χ1n) is 18.3. The first-order valence-corrected chi connectivity index (χ1v) is 18.3. The number of likely N-dealkylation sites (N-methyl/N-ethyl adjacent to an activating group) is 1. The Morgan fingerprint density at radius 1 is 0.918 bits per heavy atom. The molecule has 3 atom stereocenters. The molecule has 0 spiro atoms. The van der Waals surface area contributed by atoms with Crippen LogP contribution in [0.1, 0.15) is 89.0 Å². The van der Waals surface area contributed by atoms with Gasteiger partial charge < -0.3 is 38.1 Å². The highest BCUT2D eigenvalue weighted by molar-refractivity contribution is 5.94. The van der Waals surface area contributed by atoms with E-state index in [1.165, 1.54) is 19.3 Å². The molecule has 0 radical (unpaired) electrons. The quantitative estimate of drug-likeness (QED) is 0.0400. The predicted molar refractivity (Wildman–Crippen MR) is 197 cm³/mol. The Morgan fingerprint density at radius 2 is 1.61 bits per heavy atom. The molecule has 0 bridgehead atoms. The lowest BCUT2D eigenvalue weighted by atomic mass is 9.84. The molecule has 2 aromatic rings. The summed E-state index contributed by atoms with van der Waals surface area (Å²) in [5.41, 5.74) is 25.2. The molecule has 12 heteroatoms. The van der Waals surface area contributed by atoms with Crippen LogP contribution in [0.5, 0.6) is 0 Å². The van der Waals surface area contributed by atoms with Gasteiger partial charge in [-0.15, -0.1) is 0 Å². The number of carbonyl (C=O) groups excluding carboxylic acids is 3. The second-order valence-electron chi connectivity index (χ2n) is 14.3. The van der Waals surface area contributed by atoms with Gasteiger partial charge in [-0.25, -0.2) is 0 Å². The summed E-state index contributed by atoms with van der Waals surface area (Å²) in [5.74, 6) is -0.197. The van der Waals surface area contributed by atoms with Crippen molar-refractivity contribution in [3.8, 4) is 0 Å². The first kappa shape index (κ1) is 40.0. The number of nitrogens with one attached hydrogen (secondary N) is 3. The number of ketones is 1. The molecular weight excluding hydrogens is 618 g/mol. The molecule has 1 heterocycles. The standard InChI is InChI=1S/C37H61N9O3/c1-46(22-19-38,23-20-39)21-9-15-33(45-36(48)30(40)13-6-8-16-35(41)42)37(49)44-32(18-17-27-10-3-2-4-11-27)34(47)25-28-24-29-12-5-7-14-31(29)43-26-28/h5,7,12,14,24,26-27,30,32-33H,2-4,6,8-11,13,15-23,25,38-40H2,1H3,(H4-,41,42,44,45,48,49)/p+1/t30-,32-,33-/m0/s1. The topological polar surface area (TPSA) is 216 Å². The van der Waals surface area contributed by atoms with Crippen LogP contribution in [0.2, 0.25) is 0 Å². The van der Waals surface area contributed by atoms with Gasteiger partial charge in [0.2, 0.25) is 11.8 Å². The largest absolute Gasteiger partial charge is 0.388 e. The van der Waals surface area contributed by atoms with Crippen molar-refractivity contribution >= 4 is 34.3 Å². The fourth-order valence-electron chi connectivity index (χ4n) is 7.00. The minimum atomic E-state index is -0.854. The predicted octanol–water partition coefficient (Wildman–Crippen LogP) is 2.64. The van der Waals surface area contributed by atoms with Crippen LogP contribution < -0.4 is 33.6 Å². The van der Waals surface area contributed by atoms with E-state index in [-0.39, 0.29) is 23.9 Å². The van der Waals surface area contributed by atoms with Gasteiger partial charge in [0.15, 0.2) is 5.78 Å². The number of hydrogen-bond donors (Lipinski definition) is 7. The number of benzene rings is 1. The van der Waals surface area contributed by atoms with E-state index < -0.39 is 24.0 Å². The zero-order valence-corrected chi connectivity index (χ0v) is 29.6. The Hall–Kier alpha value is -3.45. The number of nitrogens with two attached hydrogens (primary N) is 4. The van der Waals surface area contributed by atoms with Crippen molar-refractivity contribution in [2.24, 2.45) is 28.9 Å². The summed E-state index contributed by atoms with van der Waals surface area (Å²) in [5, 5.41) is 14.4. The summed E-state index contributed by atoms with van der Waals surface area (Å²) in [6, 6.07) is 7.44. The molecule has 1 saturated carbocycles. The maximum absolute atomic E-state index is 14.0. The van der Waals surface area contributed by atoms with E-state index in [2.05, 4.69) is 22.7 Å². The van der Waals surface area contributed by atoms with Gasteiger partial charge in [-0.3, -0.25) is 24.8 Å². The number of fused-ring (bicyclic) bond motifs is 1. The Kier molecular flexibility index (Phi) is 17.1. The smallest absolute Gasteiger partial charge is 0.243 e. The third kappa shape index (κ3) is 14.1. The van der Waals surface area contributed by atoms with Crippen molar-refractivity contribution in [2.45, 2.75) is 108 Å². The zero-order chi connectivity index (χ0) is 35.6. The maximum Gasteiger partial charge on any atom is 0.243 e. The third-order valence-corrected chi connectivity index (χ3v) is 10.0. The molecule has 1 aliphatic carbocycles. The molecule has 1 aromatic heterocycles. The van der Waals surface area contributed by atoms with Crippen molar-refractivity contribution in [1.82, 2.24) is 15.6 Å². The van der Waals surface area contributed by atoms with Crippen molar-refractivity contribution in [3.63, 3.8) is 0 Å². The van der Waals surface area contributed by atoms with Crippen molar-refractivity contribution in [3.05, 3.63) is 42.1 Å². The number of amidine groups is 1. The number of amides is 2. The van der Waals surface area contributed by atoms with Gasteiger partial charge >= 0.3 is 0 Å². The number of nitrogens with zero attached hydrogens (tertiary/aromatic N) is 2. The van der Waals surface area contributed by atoms with Gasteiger partial charge in [-0.1, -0.05) is 56.7 Å². The number of Topliss-reactive ketones (excluding diaryl/α,β-unsaturated/α-hetero) is 1. The highest BCUT2D eigenvalue weighted by Gasteiger charge is 2.30. The zero-order valence-electron chi connectivity index (χ0n) is 29.6. The molecule has 12 nitrogen and oxygen atoms in total. The Balaban J connectivity index is 1.76. The molecule has 1 aromatic carbocycles. The molecule has 0 saturated heterocycles. The van der Waals surface area contributed by atoms with Crippen LogP contribution in [0.3, 0.4) is 0 Å². The third-order valence-electron chi connectivity index (χ3n) is 10.0. The van der Waals surface area contributed by atoms with Crippen LogP contribution in [-0.4, -0.2) is 90.8 Å². The Morgan fingerprint density at radius 3 is 2.31 bits per heavy atom. The monoisotopic (exact) mass is 680 g/mol. The van der Waals surface area contributed by atoms with Gasteiger partial charge in [0.25, 0.3) is 0 Å². The molecule has 0 aliphatic heterocycles. The summed E-state index contributed by atoms with van der Waals surface area (Å²) in [6.45, 7) is 3.30. The number of para-hydroxylation sites is 1. The second kappa shape index (κ2) is 20.9. The highest BCUT2D eigenvalue weighted by Crippen LogP contribution is 2.28. The molecule has 3 rings (SSSR count). The lowest BCUT2D eigenvalue weighted by molar-refractivity contribution is -0.907. The van der Waals surface area contributed by atoms with Gasteiger partial charge in [0.05, 0.1) is 50.1 Å². The van der Waals surface area contributed by atoms with Gasteiger partial charge in [0, 0.05) is 37.5 Å². The second-order valence-corrected chi connectivity index (χ2v) is 14.3. The number of quaternary nitrogens is 1. The molecule has 1 fully saturated rings. The number of hydrogen-bond acceptors (Lipinski definition) is 8. The van der Waals surface area contributed by atoms with Crippen molar-refractivity contribution in [2.75, 3.05) is 39.8 Å². The Bertz CT molecular complexity index is 1340. The van der Waals surface area contributed by atoms with E-state index in [0.29, 0.717) is 68.4 Å². The SMILES string of the molecule is C[N+](CCN)(CCN)CCC[C@H](NC(=O)[C@@H](N)CCCCC(=N)N)C(=O)N[C@@H](CCC1CCCCC1)C(=O)Cc1cnc2ccccc2c1. The molecule has 1 aliphatic rings. The summed E-state index contributed by atoms with van der Waals surface area (Å²) in [7, 11) is 2.10. The minimum absolute atomic E-state index is 0.0661. The van der Waals surface area contributed by atoms with Gasteiger partial charge in [-0.2, -0.15) is 0 Å². The average Bonchev–Trinajstić information content (AvgIpc) is 3.08. The minimum Gasteiger partial charge on any atom is -0.388 e. The van der Waals surface area contributed by atoms with E-state index >= 15 is 0 Å². The van der Waals surface area contributed by atoms with E-state index in [9.17, 15) is 14.4 Å². The van der Waals surface area contributed by atoms with E-state index in [1.807, 2.05) is 30.3 Å². The number of pyridine rings is 1. The number of carbonyl (C=O) groups is 3. The number of unbranched alkanes of at least 4 members (excludes halogenated alkanes) is 1. The molecule has 2 amide bonds. The van der Waals surface area contributed by atoms with Crippen LogP contribution in [0, 0.1) is 11.3 Å². The van der Waals surface area contributed by atoms with Gasteiger partial charge in [-0.05, 0) is 62.1 Å². The molecule has 272 valence electrons. The number of rotatable bonds is 23. The lowest BCUT2D eigenvalue weighted by Gasteiger charge is -2.34. The lowest BCUT2D eigenvalue weighted by Crippen LogP contribution is -2.55. The highest BCUT2D eigenvalue weighted by atomic mass is 16.2. The van der Waals surface area contributed by atoms with Crippen LogP contribution in [-0.2, 0) is 20.8 Å². The summed E-state index contributed by atoms with van der Waals surface area (Å²) in [6.07, 6.45) is 12.5. The summed E-state index contributed by atoms with van der Waals surface area (Å²) >= 11 is 0.